The summed E-state index contributed by atoms with van der Waals surface area (Å²) in [6, 6.07) is 7.58. The predicted molar refractivity (Wildman–Crippen MR) is 107 cm³/mol. The summed E-state index contributed by atoms with van der Waals surface area (Å²) in [6.07, 6.45) is 1.12. The van der Waals surface area contributed by atoms with E-state index in [0.29, 0.717) is 60.4 Å². The van der Waals surface area contributed by atoms with E-state index in [1.807, 2.05) is 0 Å². The number of aromatic nitrogens is 2. The molecule has 0 unspecified atom stereocenters. The van der Waals surface area contributed by atoms with Crippen LogP contribution in [-0.4, -0.2) is 46.6 Å². The van der Waals surface area contributed by atoms with E-state index in [-0.39, 0.29) is 29.3 Å². The number of piperidine rings is 1. The van der Waals surface area contributed by atoms with Gasteiger partial charge in [0.05, 0.1) is 34.9 Å². The van der Waals surface area contributed by atoms with Crippen LogP contribution in [0.5, 0.6) is 0 Å². The maximum absolute atomic E-state index is 13.4. The number of rotatable bonds is 4. The van der Waals surface area contributed by atoms with Gasteiger partial charge in [0.25, 0.3) is 11.6 Å². The van der Waals surface area contributed by atoms with E-state index in [0.717, 1.165) is 0 Å². The van der Waals surface area contributed by atoms with Crippen LogP contribution >= 0.6 is 0 Å². The fourth-order valence-electron chi connectivity index (χ4n) is 3.78. The van der Waals surface area contributed by atoms with Crippen molar-refractivity contribution in [3.63, 3.8) is 0 Å². The van der Waals surface area contributed by atoms with E-state index in [9.17, 15) is 14.0 Å². The molecular weight excluding hydrogens is 389 g/mol. The number of pyridine rings is 1. The fraction of sp³-hybridized carbons (Fsp3) is 0.364. The summed E-state index contributed by atoms with van der Waals surface area (Å²) in [5, 5.41) is 4.53. The Morgan fingerprint density at radius 3 is 2.60 bits per heavy atom. The Bertz CT molecular complexity index is 1090. The van der Waals surface area contributed by atoms with Crippen molar-refractivity contribution in [1.82, 2.24) is 15.0 Å². The molecule has 3 aromatic rings. The van der Waals surface area contributed by atoms with E-state index in [1.54, 1.807) is 36.9 Å². The summed E-state index contributed by atoms with van der Waals surface area (Å²) in [5.74, 6) is -0.904. The Balaban J connectivity index is 1.64. The number of aryl methyl sites for hydroxylation is 1. The highest BCUT2D eigenvalue weighted by Crippen LogP contribution is 2.29. The van der Waals surface area contributed by atoms with Crippen molar-refractivity contribution in [2.75, 3.05) is 19.7 Å². The normalized spacial score (nSPS) is 14.8. The molecule has 1 saturated heterocycles. The van der Waals surface area contributed by atoms with Gasteiger partial charge < -0.3 is 14.2 Å². The second kappa shape index (κ2) is 8.22. The molecule has 0 bridgehead atoms. The zero-order chi connectivity index (χ0) is 21.3. The highest BCUT2D eigenvalue weighted by Gasteiger charge is 2.30. The van der Waals surface area contributed by atoms with Crippen LogP contribution in [0.1, 0.15) is 35.8 Å². The topological polar surface area (TPSA) is 85.5 Å². The average Bonchev–Trinajstić information content (AvgIpc) is 3.14. The molecule has 7 nitrogen and oxygen atoms in total. The number of benzene rings is 1. The number of esters is 1. The molecule has 156 valence electrons. The van der Waals surface area contributed by atoms with Crippen LogP contribution in [0.3, 0.4) is 0 Å². The smallest absolute Gasteiger partial charge is 0.309 e. The number of carbonyl (C=O) groups is 2. The second-order valence-corrected chi connectivity index (χ2v) is 7.33. The zero-order valence-electron chi connectivity index (χ0n) is 16.9. The van der Waals surface area contributed by atoms with Crippen molar-refractivity contribution < 1.29 is 23.2 Å². The molecule has 3 heterocycles. The van der Waals surface area contributed by atoms with Gasteiger partial charge in [-0.25, -0.2) is 9.37 Å². The van der Waals surface area contributed by atoms with Crippen LogP contribution in [-0.2, 0) is 9.53 Å². The number of hydrogen-bond acceptors (Lipinski definition) is 6. The summed E-state index contributed by atoms with van der Waals surface area (Å²) < 4.78 is 23.7. The van der Waals surface area contributed by atoms with Crippen LogP contribution in [0.2, 0.25) is 0 Å². The minimum absolute atomic E-state index is 0.167. The lowest BCUT2D eigenvalue weighted by molar-refractivity contribution is -0.149. The van der Waals surface area contributed by atoms with E-state index in [1.165, 1.54) is 12.1 Å². The van der Waals surface area contributed by atoms with Gasteiger partial charge in [-0.15, -0.1) is 0 Å². The van der Waals surface area contributed by atoms with E-state index < -0.39 is 0 Å². The number of carbonyl (C=O) groups excluding carboxylic acids is 2. The molecule has 0 atom stereocenters. The fourth-order valence-corrected chi connectivity index (χ4v) is 3.78. The second-order valence-electron chi connectivity index (χ2n) is 7.33. The third-order valence-electron chi connectivity index (χ3n) is 5.39. The first-order chi connectivity index (χ1) is 14.5. The first-order valence-electron chi connectivity index (χ1n) is 9.96. The molecule has 8 heteroatoms. The van der Waals surface area contributed by atoms with Crippen LogP contribution in [0.25, 0.3) is 22.4 Å². The lowest BCUT2D eigenvalue weighted by Gasteiger charge is -2.31. The summed E-state index contributed by atoms with van der Waals surface area (Å²) in [6.45, 7) is 4.82. The minimum atomic E-state index is -0.351. The largest absolute Gasteiger partial charge is 0.466 e. The lowest BCUT2D eigenvalue weighted by Crippen LogP contribution is -2.40. The van der Waals surface area contributed by atoms with Crippen molar-refractivity contribution >= 4 is 23.0 Å². The molecule has 30 heavy (non-hydrogen) atoms. The van der Waals surface area contributed by atoms with Gasteiger partial charge >= 0.3 is 5.97 Å². The van der Waals surface area contributed by atoms with Gasteiger partial charge in [-0.05, 0) is 57.0 Å². The van der Waals surface area contributed by atoms with Gasteiger partial charge in [0.1, 0.15) is 5.82 Å². The summed E-state index contributed by atoms with van der Waals surface area (Å²) in [7, 11) is 0. The SMILES string of the molecule is CCOC(=O)C1CCN(C(=O)c2cc(-c3ccc(F)cc3)nc3onc(C)c23)CC1. The van der Waals surface area contributed by atoms with Crippen LogP contribution in [0, 0.1) is 18.7 Å². The van der Waals surface area contributed by atoms with E-state index in [4.69, 9.17) is 9.26 Å². The number of halogens is 1. The average molecular weight is 411 g/mol. The van der Waals surface area contributed by atoms with Crippen molar-refractivity contribution in [2.45, 2.75) is 26.7 Å². The Labute approximate surface area is 172 Å². The summed E-state index contributed by atoms with van der Waals surface area (Å²) >= 11 is 0. The lowest BCUT2D eigenvalue weighted by atomic mass is 9.96. The molecule has 0 spiro atoms. The molecule has 4 rings (SSSR count). The quantitative estimate of drug-likeness (QED) is 0.608. The number of likely N-dealkylation sites (tertiary alicyclic amines) is 1. The van der Waals surface area contributed by atoms with Crippen LogP contribution in [0.4, 0.5) is 4.39 Å². The number of fused-ring (bicyclic) bond motifs is 1. The van der Waals surface area contributed by atoms with Gasteiger partial charge in [0, 0.05) is 18.7 Å². The van der Waals surface area contributed by atoms with Gasteiger partial charge in [0.2, 0.25) is 0 Å². The standard InChI is InChI=1S/C22H22FN3O4/c1-3-29-22(28)15-8-10-26(11-9-15)21(27)17-12-18(14-4-6-16(23)7-5-14)24-20-19(17)13(2)25-30-20/h4-7,12,15H,3,8-11H2,1-2H3. The molecule has 2 aromatic heterocycles. The first-order valence-corrected chi connectivity index (χ1v) is 9.96. The predicted octanol–water partition coefficient (Wildman–Crippen LogP) is 3.75. The Morgan fingerprint density at radius 1 is 1.23 bits per heavy atom. The zero-order valence-corrected chi connectivity index (χ0v) is 16.9. The molecule has 1 aromatic carbocycles. The first kappa shape index (κ1) is 20.0. The Morgan fingerprint density at radius 2 is 1.93 bits per heavy atom. The highest BCUT2D eigenvalue weighted by molar-refractivity contribution is 6.07. The van der Waals surface area contributed by atoms with Crippen molar-refractivity contribution in [1.29, 1.82) is 0 Å². The molecule has 1 amide bonds. The van der Waals surface area contributed by atoms with Gasteiger partial charge in [-0.1, -0.05) is 5.16 Å². The number of nitrogens with zero attached hydrogens (tertiary/aromatic N) is 3. The molecule has 0 aliphatic carbocycles. The van der Waals surface area contributed by atoms with Gasteiger partial charge in [-0.2, -0.15) is 0 Å². The molecule has 1 aliphatic rings. The Kier molecular flexibility index (Phi) is 5.48. The molecular formula is C22H22FN3O4. The maximum Gasteiger partial charge on any atom is 0.309 e. The number of ether oxygens (including phenoxy) is 1. The molecule has 0 radical (unpaired) electrons. The maximum atomic E-state index is 13.4. The summed E-state index contributed by atoms with van der Waals surface area (Å²) in [4.78, 5) is 31.5. The number of amides is 1. The van der Waals surface area contributed by atoms with Crippen LogP contribution < -0.4 is 0 Å². The van der Waals surface area contributed by atoms with Gasteiger partial charge in [-0.3, -0.25) is 9.59 Å². The molecule has 1 fully saturated rings. The van der Waals surface area contributed by atoms with E-state index >= 15 is 0 Å². The number of hydrogen-bond donors (Lipinski definition) is 0. The van der Waals surface area contributed by atoms with Crippen molar-refractivity contribution in [2.24, 2.45) is 5.92 Å². The Hall–Kier alpha value is -3.29. The highest BCUT2D eigenvalue weighted by atomic mass is 19.1. The van der Waals surface area contributed by atoms with E-state index in [2.05, 4.69) is 10.1 Å². The van der Waals surface area contributed by atoms with Crippen molar-refractivity contribution in [3.8, 4) is 11.3 Å². The molecule has 0 saturated carbocycles. The molecule has 0 N–H and O–H groups in total. The van der Waals surface area contributed by atoms with Gasteiger partial charge in [0.15, 0.2) is 0 Å². The van der Waals surface area contributed by atoms with Crippen molar-refractivity contribution in [3.05, 3.63) is 47.4 Å². The summed E-state index contributed by atoms with van der Waals surface area (Å²) in [5.41, 5.74) is 2.45. The molecule has 1 aliphatic heterocycles. The monoisotopic (exact) mass is 411 g/mol. The third kappa shape index (κ3) is 3.77. The van der Waals surface area contributed by atoms with Crippen LogP contribution in [0.15, 0.2) is 34.9 Å². The third-order valence-corrected chi connectivity index (χ3v) is 5.39. The minimum Gasteiger partial charge on any atom is -0.466 e.